The van der Waals surface area contributed by atoms with Gasteiger partial charge < -0.3 is 20.2 Å². The topological polar surface area (TPSA) is 55.8 Å². The first-order chi connectivity index (χ1) is 10.5. The summed E-state index contributed by atoms with van der Waals surface area (Å²) in [5, 5.41) is 11.9. The smallest absolute Gasteiger partial charge is 0.252 e. The maximum absolute atomic E-state index is 11.4. The van der Waals surface area contributed by atoms with E-state index in [9.17, 15) is 9.90 Å². The lowest BCUT2D eigenvalue weighted by Crippen LogP contribution is -2.37. The molecule has 22 heavy (non-hydrogen) atoms. The highest BCUT2D eigenvalue weighted by Gasteiger charge is 2.19. The largest absolute Gasteiger partial charge is 0.384 e. The molecule has 1 unspecified atom stereocenters. The number of anilines is 2. The standard InChI is InChI=1S/C17H27N3O2/c1-13(21)17(22)18-15-4-6-16(7-5-15)20-10-8-14(9-11-20)12-19(2)3/h4-7,13-14,21H,8-12H2,1-3H3,(H,18,22). The number of nitrogens with one attached hydrogen (secondary N) is 1. The summed E-state index contributed by atoms with van der Waals surface area (Å²) in [4.78, 5) is 16.1. The lowest BCUT2D eigenvalue weighted by Gasteiger charge is -2.34. The van der Waals surface area contributed by atoms with Crippen LogP contribution in [0.2, 0.25) is 0 Å². The van der Waals surface area contributed by atoms with Gasteiger partial charge in [-0.1, -0.05) is 0 Å². The van der Waals surface area contributed by atoms with E-state index in [1.807, 2.05) is 24.3 Å². The van der Waals surface area contributed by atoms with Gasteiger partial charge in [0.2, 0.25) is 0 Å². The number of amides is 1. The molecular formula is C17H27N3O2. The second kappa shape index (κ2) is 7.61. The number of rotatable bonds is 5. The van der Waals surface area contributed by atoms with E-state index in [-0.39, 0.29) is 5.91 Å². The van der Waals surface area contributed by atoms with Gasteiger partial charge in [0, 0.05) is 31.0 Å². The van der Waals surface area contributed by atoms with E-state index in [0.29, 0.717) is 0 Å². The van der Waals surface area contributed by atoms with Gasteiger partial charge in [-0.25, -0.2) is 0 Å². The molecule has 2 N–H and O–H groups in total. The summed E-state index contributed by atoms with van der Waals surface area (Å²) in [5.74, 6) is 0.410. The number of nitrogens with zero attached hydrogens (tertiary/aromatic N) is 2. The Bertz CT molecular complexity index is 477. The van der Waals surface area contributed by atoms with Crippen LogP contribution in [0, 0.1) is 5.92 Å². The number of piperidine rings is 1. The van der Waals surface area contributed by atoms with Crippen LogP contribution >= 0.6 is 0 Å². The second-order valence-electron chi connectivity index (χ2n) is 6.40. The minimum Gasteiger partial charge on any atom is -0.384 e. The van der Waals surface area contributed by atoms with E-state index in [2.05, 4.69) is 29.2 Å². The molecule has 5 heteroatoms. The van der Waals surface area contributed by atoms with E-state index in [0.717, 1.165) is 31.2 Å². The van der Waals surface area contributed by atoms with Crippen molar-refractivity contribution < 1.29 is 9.90 Å². The Labute approximate surface area is 132 Å². The van der Waals surface area contributed by atoms with Gasteiger partial charge in [-0.3, -0.25) is 4.79 Å². The van der Waals surface area contributed by atoms with Crippen molar-refractivity contribution in [1.29, 1.82) is 0 Å². The lowest BCUT2D eigenvalue weighted by atomic mass is 9.96. The fourth-order valence-electron chi connectivity index (χ4n) is 2.89. The van der Waals surface area contributed by atoms with E-state index in [1.165, 1.54) is 25.5 Å². The summed E-state index contributed by atoms with van der Waals surface area (Å²) in [5.41, 5.74) is 1.91. The molecule has 122 valence electrons. The number of aliphatic hydroxyl groups excluding tert-OH is 1. The molecule has 1 saturated heterocycles. The summed E-state index contributed by atoms with van der Waals surface area (Å²) < 4.78 is 0. The Morgan fingerprint density at radius 3 is 2.41 bits per heavy atom. The molecule has 1 aliphatic rings. The van der Waals surface area contributed by atoms with E-state index in [1.54, 1.807) is 0 Å². The van der Waals surface area contributed by atoms with Gasteiger partial charge in [0.1, 0.15) is 6.10 Å². The minimum atomic E-state index is -0.990. The Hall–Kier alpha value is -1.59. The van der Waals surface area contributed by atoms with Crippen LogP contribution in [0.25, 0.3) is 0 Å². The van der Waals surface area contributed by atoms with Gasteiger partial charge in [0.15, 0.2) is 0 Å². The van der Waals surface area contributed by atoms with Crippen molar-refractivity contribution in [1.82, 2.24) is 4.90 Å². The molecule has 0 aromatic heterocycles. The lowest BCUT2D eigenvalue weighted by molar-refractivity contribution is -0.123. The molecule has 2 rings (SSSR count). The highest BCUT2D eigenvalue weighted by atomic mass is 16.3. The van der Waals surface area contributed by atoms with Crippen LogP contribution in [0.15, 0.2) is 24.3 Å². The fourth-order valence-corrected chi connectivity index (χ4v) is 2.89. The second-order valence-corrected chi connectivity index (χ2v) is 6.40. The third-order valence-corrected chi connectivity index (χ3v) is 4.12. The molecule has 1 amide bonds. The maximum Gasteiger partial charge on any atom is 0.252 e. The van der Waals surface area contributed by atoms with E-state index < -0.39 is 6.10 Å². The quantitative estimate of drug-likeness (QED) is 0.871. The first-order valence-corrected chi connectivity index (χ1v) is 7.94. The maximum atomic E-state index is 11.4. The molecule has 0 aliphatic carbocycles. The van der Waals surface area contributed by atoms with Crippen LogP contribution in [0.1, 0.15) is 19.8 Å². The third-order valence-electron chi connectivity index (χ3n) is 4.12. The molecule has 5 nitrogen and oxygen atoms in total. The molecule has 0 saturated carbocycles. The van der Waals surface area contributed by atoms with E-state index >= 15 is 0 Å². The molecule has 1 heterocycles. The average Bonchev–Trinajstić information content (AvgIpc) is 2.48. The predicted molar refractivity (Wildman–Crippen MR) is 90.2 cm³/mol. The normalized spacial score (nSPS) is 17.6. The zero-order valence-electron chi connectivity index (χ0n) is 13.7. The first kappa shape index (κ1) is 16.8. The molecule has 0 spiro atoms. The summed E-state index contributed by atoms with van der Waals surface area (Å²) in [6.45, 7) is 4.79. The van der Waals surface area contributed by atoms with Crippen LogP contribution in [0.4, 0.5) is 11.4 Å². The molecule has 1 atom stereocenters. The molecule has 1 aromatic carbocycles. The zero-order chi connectivity index (χ0) is 16.1. The predicted octanol–water partition coefficient (Wildman–Crippen LogP) is 1.78. The van der Waals surface area contributed by atoms with Gasteiger partial charge in [0.25, 0.3) is 5.91 Å². The number of benzene rings is 1. The summed E-state index contributed by atoms with van der Waals surface area (Å²) in [7, 11) is 4.26. The van der Waals surface area contributed by atoms with Gasteiger partial charge in [-0.05, 0) is 64.0 Å². The molecule has 1 aliphatic heterocycles. The average molecular weight is 305 g/mol. The van der Waals surface area contributed by atoms with Crippen molar-refractivity contribution >= 4 is 17.3 Å². The summed E-state index contributed by atoms with van der Waals surface area (Å²) >= 11 is 0. The van der Waals surface area contributed by atoms with Crippen molar-refractivity contribution in [3.63, 3.8) is 0 Å². The van der Waals surface area contributed by atoms with Crippen molar-refractivity contribution in [2.24, 2.45) is 5.92 Å². The van der Waals surface area contributed by atoms with Crippen molar-refractivity contribution in [3.8, 4) is 0 Å². The first-order valence-electron chi connectivity index (χ1n) is 7.94. The third kappa shape index (κ3) is 4.71. The number of carbonyl (C=O) groups is 1. The highest BCUT2D eigenvalue weighted by molar-refractivity contribution is 5.93. The fraction of sp³-hybridized carbons (Fsp3) is 0.588. The SMILES string of the molecule is CC(O)C(=O)Nc1ccc(N2CCC(CN(C)C)CC2)cc1. The van der Waals surface area contributed by atoms with Crippen LogP contribution in [0.5, 0.6) is 0 Å². The Balaban J connectivity index is 1.88. The van der Waals surface area contributed by atoms with E-state index in [4.69, 9.17) is 0 Å². The van der Waals surface area contributed by atoms with Crippen LogP contribution in [-0.4, -0.2) is 55.7 Å². The number of carbonyl (C=O) groups excluding carboxylic acids is 1. The summed E-state index contributed by atoms with van der Waals surface area (Å²) in [6.07, 6.45) is 1.45. The van der Waals surface area contributed by atoms with Crippen molar-refractivity contribution in [3.05, 3.63) is 24.3 Å². The molecule has 0 bridgehead atoms. The Kier molecular flexibility index (Phi) is 5.80. The molecule has 1 aromatic rings. The highest BCUT2D eigenvalue weighted by Crippen LogP contribution is 2.24. The van der Waals surface area contributed by atoms with Gasteiger partial charge in [0.05, 0.1) is 0 Å². The number of aliphatic hydroxyl groups is 1. The van der Waals surface area contributed by atoms with Crippen molar-refractivity contribution in [2.75, 3.05) is 43.9 Å². The van der Waals surface area contributed by atoms with Crippen LogP contribution in [0.3, 0.4) is 0 Å². The molecule has 0 radical (unpaired) electrons. The Morgan fingerprint density at radius 2 is 1.91 bits per heavy atom. The molecule has 1 fully saturated rings. The Morgan fingerprint density at radius 1 is 1.32 bits per heavy atom. The monoisotopic (exact) mass is 305 g/mol. The molecular weight excluding hydrogens is 278 g/mol. The van der Waals surface area contributed by atoms with Crippen LogP contribution < -0.4 is 10.2 Å². The van der Waals surface area contributed by atoms with Gasteiger partial charge in [-0.2, -0.15) is 0 Å². The van der Waals surface area contributed by atoms with Gasteiger partial charge in [-0.15, -0.1) is 0 Å². The number of hydrogen-bond acceptors (Lipinski definition) is 4. The van der Waals surface area contributed by atoms with Gasteiger partial charge >= 0.3 is 0 Å². The number of hydrogen-bond donors (Lipinski definition) is 2. The zero-order valence-corrected chi connectivity index (χ0v) is 13.7. The van der Waals surface area contributed by atoms with Crippen molar-refractivity contribution in [2.45, 2.75) is 25.9 Å². The minimum absolute atomic E-state index is 0.378. The van der Waals surface area contributed by atoms with Crippen LogP contribution in [-0.2, 0) is 4.79 Å². The summed E-state index contributed by atoms with van der Waals surface area (Å²) in [6, 6.07) is 7.84.